The van der Waals surface area contributed by atoms with E-state index in [1.165, 1.54) is 13.2 Å². The van der Waals surface area contributed by atoms with Crippen LogP contribution in [-0.4, -0.2) is 38.3 Å². The highest BCUT2D eigenvalue weighted by Crippen LogP contribution is 2.38. The molecule has 1 N–H and O–H groups in total. The zero-order chi connectivity index (χ0) is 21.8. The number of nitrogens with one attached hydrogen (secondary N) is 1. The molecule has 2 aromatic carbocycles. The number of halogens is 1. The Labute approximate surface area is 180 Å². The van der Waals surface area contributed by atoms with Gasteiger partial charge in [-0.15, -0.1) is 0 Å². The highest BCUT2D eigenvalue weighted by molar-refractivity contribution is 5.95. The highest BCUT2D eigenvalue weighted by atomic mass is 19.1. The molecule has 0 unspecified atom stereocenters. The molecule has 0 amide bonds. The van der Waals surface area contributed by atoms with E-state index >= 15 is 0 Å². The zero-order valence-electron chi connectivity index (χ0n) is 17.5. The number of hydrogen-bond donors (Lipinski definition) is 1. The van der Waals surface area contributed by atoms with Crippen molar-refractivity contribution in [2.75, 3.05) is 37.5 Å². The predicted molar refractivity (Wildman–Crippen MR) is 118 cm³/mol. The molecule has 7 heteroatoms. The first-order chi connectivity index (χ1) is 15.1. The van der Waals surface area contributed by atoms with Crippen LogP contribution in [0.5, 0.6) is 5.75 Å². The number of carbonyl (C=O) groups excluding carboxylic acids is 1. The fourth-order valence-electron chi connectivity index (χ4n) is 3.79. The van der Waals surface area contributed by atoms with E-state index in [0.29, 0.717) is 30.1 Å². The molecule has 0 aliphatic carbocycles. The first-order valence-corrected chi connectivity index (χ1v) is 10.1. The third-order valence-corrected chi connectivity index (χ3v) is 5.53. The highest BCUT2D eigenvalue weighted by Gasteiger charge is 2.23. The van der Waals surface area contributed by atoms with Crippen molar-refractivity contribution in [2.45, 2.75) is 12.3 Å². The van der Waals surface area contributed by atoms with Crippen molar-refractivity contribution in [3.05, 3.63) is 77.9 Å². The minimum atomic E-state index is -0.405. The molecule has 1 aliphatic heterocycles. The maximum Gasteiger partial charge on any atom is 0.340 e. The molecule has 160 valence electrons. The van der Waals surface area contributed by atoms with Crippen molar-refractivity contribution in [3.63, 3.8) is 0 Å². The Morgan fingerprint density at radius 2 is 2.13 bits per heavy atom. The lowest BCUT2D eigenvalue weighted by atomic mass is 9.92. The number of nitrogens with zero attached hydrogens (tertiary/aromatic N) is 2. The van der Waals surface area contributed by atoms with E-state index in [9.17, 15) is 9.18 Å². The van der Waals surface area contributed by atoms with Gasteiger partial charge in [0.15, 0.2) is 0 Å². The number of rotatable bonds is 6. The molecule has 0 radical (unpaired) electrons. The number of benzene rings is 2. The molecular formula is C24H24FN3O3. The number of hydrogen-bond acceptors (Lipinski definition) is 6. The Kier molecular flexibility index (Phi) is 6.02. The lowest BCUT2D eigenvalue weighted by Crippen LogP contribution is -2.22. The van der Waals surface area contributed by atoms with Crippen LogP contribution >= 0.6 is 0 Å². The van der Waals surface area contributed by atoms with Gasteiger partial charge in [-0.1, -0.05) is 18.2 Å². The first-order valence-electron chi connectivity index (χ1n) is 10.1. The molecule has 31 heavy (non-hydrogen) atoms. The van der Waals surface area contributed by atoms with Gasteiger partial charge < -0.3 is 19.7 Å². The van der Waals surface area contributed by atoms with Crippen LogP contribution in [0.4, 0.5) is 21.5 Å². The van der Waals surface area contributed by atoms with E-state index in [2.05, 4.69) is 10.3 Å². The third kappa shape index (κ3) is 4.30. The third-order valence-electron chi connectivity index (χ3n) is 5.53. The first kappa shape index (κ1) is 20.7. The van der Waals surface area contributed by atoms with Gasteiger partial charge in [0.1, 0.15) is 11.6 Å². The van der Waals surface area contributed by atoms with Crippen molar-refractivity contribution in [1.29, 1.82) is 0 Å². The fourth-order valence-corrected chi connectivity index (χ4v) is 3.79. The molecule has 0 spiro atoms. The summed E-state index contributed by atoms with van der Waals surface area (Å²) in [4.78, 5) is 17.9. The summed E-state index contributed by atoms with van der Waals surface area (Å²) in [5.74, 6) is 0.307. The molecular weight excluding hydrogens is 397 g/mol. The molecule has 6 nitrogen and oxygen atoms in total. The number of carbonyl (C=O) groups is 1. The van der Waals surface area contributed by atoms with Crippen molar-refractivity contribution >= 4 is 23.0 Å². The Bertz CT molecular complexity index is 1090. The average molecular weight is 421 g/mol. The van der Waals surface area contributed by atoms with E-state index in [0.717, 1.165) is 23.4 Å². The summed E-state index contributed by atoms with van der Waals surface area (Å²) in [6.45, 7) is 1.21. The Morgan fingerprint density at radius 3 is 2.94 bits per heavy atom. The van der Waals surface area contributed by atoms with Crippen LogP contribution in [0.3, 0.4) is 0 Å². The summed E-state index contributed by atoms with van der Waals surface area (Å²) < 4.78 is 24.9. The number of aromatic nitrogens is 1. The second kappa shape index (κ2) is 9.04. The fraction of sp³-hybridized carbons (Fsp3) is 0.250. The van der Waals surface area contributed by atoms with Gasteiger partial charge in [-0.25, -0.2) is 9.18 Å². The largest absolute Gasteiger partial charge is 0.493 e. The number of pyridine rings is 1. The summed E-state index contributed by atoms with van der Waals surface area (Å²) in [5.41, 5.74) is 3.51. The van der Waals surface area contributed by atoms with Crippen LogP contribution in [0.15, 0.2) is 60.9 Å². The van der Waals surface area contributed by atoms with Gasteiger partial charge >= 0.3 is 5.97 Å². The smallest absolute Gasteiger partial charge is 0.340 e. The molecule has 1 aromatic heterocycles. The summed E-state index contributed by atoms with van der Waals surface area (Å²) >= 11 is 0. The minimum absolute atomic E-state index is 0.197. The van der Waals surface area contributed by atoms with E-state index in [1.54, 1.807) is 35.5 Å². The lowest BCUT2D eigenvalue weighted by Gasteiger charge is -2.28. The van der Waals surface area contributed by atoms with Crippen molar-refractivity contribution in [2.24, 2.45) is 0 Å². The molecule has 1 atom stereocenters. The Hall–Kier alpha value is -3.61. The quantitative estimate of drug-likeness (QED) is 0.580. The van der Waals surface area contributed by atoms with Gasteiger partial charge in [0.25, 0.3) is 0 Å². The molecule has 0 fully saturated rings. The van der Waals surface area contributed by atoms with Crippen LogP contribution in [-0.2, 0) is 4.74 Å². The van der Waals surface area contributed by atoms with Crippen molar-refractivity contribution < 1.29 is 18.7 Å². The summed E-state index contributed by atoms with van der Waals surface area (Å²) in [7, 11) is 3.19. The molecule has 0 saturated carbocycles. The predicted octanol–water partition coefficient (Wildman–Crippen LogP) is 4.75. The summed E-state index contributed by atoms with van der Waals surface area (Å²) in [6.07, 6.45) is 4.03. The van der Waals surface area contributed by atoms with Gasteiger partial charge in [-0.2, -0.15) is 0 Å². The second-order valence-corrected chi connectivity index (χ2v) is 7.36. The molecule has 1 aliphatic rings. The maximum atomic E-state index is 14.2. The van der Waals surface area contributed by atoms with Crippen LogP contribution in [0.2, 0.25) is 0 Å². The molecule has 4 rings (SSSR count). The molecule has 3 aromatic rings. The SMILES string of the molecule is COC(=O)c1ccncc1NC[C@@H]1CCOc2cc(N(C)c3ccccc3F)ccc21. The van der Waals surface area contributed by atoms with Gasteiger partial charge in [-0.05, 0) is 36.2 Å². The number of esters is 1. The Balaban J connectivity index is 1.53. The Morgan fingerprint density at radius 1 is 1.29 bits per heavy atom. The van der Waals surface area contributed by atoms with Gasteiger partial charge in [-0.3, -0.25) is 4.98 Å². The number of methoxy groups -OCH3 is 1. The monoisotopic (exact) mass is 421 g/mol. The standard InChI is InChI=1S/C24H24FN3O3/c1-28(22-6-4-3-5-20(22)25)17-7-8-18-16(10-12-31-23(18)13-17)14-27-21-15-26-11-9-19(21)24(29)30-2/h3-9,11,13,15-16,27H,10,12,14H2,1-2H3/t16-/m0/s1. The molecule has 2 heterocycles. The van der Waals surface area contributed by atoms with Crippen molar-refractivity contribution in [1.82, 2.24) is 4.98 Å². The maximum absolute atomic E-state index is 14.2. The summed E-state index contributed by atoms with van der Waals surface area (Å²) in [6, 6.07) is 14.3. The van der Waals surface area contributed by atoms with Gasteiger partial charge in [0, 0.05) is 37.5 Å². The zero-order valence-corrected chi connectivity index (χ0v) is 17.5. The van der Waals surface area contributed by atoms with Crippen LogP contribution in [0, 0.1) is 5.82 Å². The van der Waals surface area contributed by atoms with Gasteiger partial charge in [0.05, 0.1) is 36.9 Å². The lowest BCUT2D eigenvalue weighted by molar-refractivity contribution is 0.0601. The van der Waals surface area contributed by atoms with E-state index in [-0.39, 0.29) is 11.7 Å². The van der Waals surface area contributed by atoms with Crippen LogP contribution < -0.4 is 15.0 Å². The average Bonchev–Trinajstić information content (AvgIpc) is 2.82. The number of anilines is 3. The topological polar surface area (TPSA) is 63.7 Å². The molecule has 0 bridgehead atoms. The van der Waals surface area contributed by atoms with E-state index < -0.39 is 5.97 Å². The normalized spacial score (nSPS) is 14.9. The number of para-hydroxylation sites is 1. The van der Waals surface area contributed by atoms with Gasteiger partial charge in [0.2, 0.25) is 0 Å². The van der Waals surface area contributed by atoms with E-state index in [4.69, 9.17) is 9.47 Å². The minimum Gasteiger partial charge on any atom is -0.493 e. The number of fused-ring (bicyclic) bond motifs is 1. The summed E-state index contributed by atoms with van der Waals surface area (Å²) in [5, 5.41) is 3.33. The molecule has 0 saturated heterocycles. The van der Waals surface area contributed by atoms with Crippen molar-refractivity contribution in [3.8, 4) is 5.75 Å². The van der Waals surface area contributed by atoms with Crippen LogP contribution in [0.25, 0.3) is 0 Å². The van der Waals surface area contributed by atoms with Crippen LogP contribution in [0.1, 0.15) is 28.3 Å². The number of ether oxygens (including phenoxy) is 2. The second-order valence-electron chi connectivity index (χ2n) is 7.36. The van der Waals surface area contributed by atoms with E-state index in [1.807, 2.05) is 31.3 Å².